The Morgan fingerprint density at radius 2 is 1.65 bits per heavy atom. The minimum Gasteiger partial charge on any atom is -0.340 e. The smallest absolute Gasteiger partial charge is 0.251 e. The van der Waals surface area contributed by atoms with Gasteiger partial charge in [0.25, 0.3) is 5.91 Å². The summed E-state index contributed by atoms with van der Waals surface area (Å²) in [6.45, 7) is 5.72. The lowest BCUT2D eigenvalue weighted by Gasteiger charge is -2.22. The van der Waals surface area contributed by atoms with Crippen molar-refractivity contribution in [3.05, 3.63) is 65.2 Å². The van der Waals surface area contributed by atoms with E-state index in [2.05, 4.69) is 16.7 Å². The van der Waals surface area contributed by atoms with Crippen LogP contribution in [0.4, 0.5) is 5.69 Å². The molecule has 2 rings (SSSR count). The molecule has 0 aromatic heterocycles. The van der Waals surface area contributed by atoms with Gasteiger partial charge in [0.05, 0.1) is 12.5 Å². The van der Waals surface area contributed by atoms with E-state index in [9.17, 15) is 9.59 Å². The Morgan fingerprint density at radius 3 is 2.19 bits per heavy atom. The number of hydrogen-bond donors (Lipinski definition) is 2. The Balaban J connectivity index is 2.06. The second-order valence-corrected chi connectivity index (χ2v) is 6.58. The molecule has 5 nitrogen and oxygen atoms in total. The third-order valence-electron chi connectivity index (χ3n) is 4.05. The number of nitriles is 1. The van der Waals surface area contributed by atoms with Crippen LogP contribution in [0.1, 0.15) is 35.3 Å². The van der Waals surface area contributed by atoms with Gasteiger partial charge in [0.1, 0.15) is 6.04 Å². The standard InChI is InChI=1S/C21H23N3O2/c1-14(2)19(24-20(25)17-8-4-15(3)5-9-17)21(26)23-18-10-6-16(7-11-18)12-13-22/h4-11,14,19H,12H2,1-3H3,(H,23,26)(H,24,25). The van der Waals surface area contributed by atoms with Gasteiger partial charge in [-0.3, -0.25) is 9.59 Å². The van der Waals surface area contributed by atoms with E-state index in [1.54, 1.807) is 36.4 Å². The third kappa shape index (κ3) is 5.18. The maximum Gasteiger partial charge on any atom is 0.251 e. The first-order chi connectivity index (χ1) is 12.4. The van der Waals surface area contributed by atoms with Gasteiger partial charge < -0.3 is 10.6 Å². The Bertz CT molecular complexity index is 803. The molecule has 0 saturated carbocycles. The fraction of sp³-hybridized carbons (Fsp3) is 0.286. The molecular formula is C21H23N3O2. The monoisotopic (exact) mass is 349 g/mol. The Kier molecular flexibility index (Phi) is 6.51. The normalized spacial score (nSPS) is 11.5. The van der Waals surface area contributed by atoms with Crippen LogP contribution in [0.2, 0.25) is 0 Å². The van der Waals surface area contributed by atoms with Crippen LogP contribution in [0.5, 0.6) is 0 Å². The zero-order chi connectivity index (χ0) is 19.1. The van der Waals surface area contributed by atoms with Gasteiger partial charge in [-0.25, -0.2) is 0 Å². The highest BCUT2D eigenvalue weighted by Gasteiger charge is 2.24. The average molecular weight is 349 g/mol. The van der Waals surface area contributed by atoms with Crippen LogP contribution in [0, 0.1) is 24.2 Å². The maximum absolute atomic E-state index is 12.6. The molecule has 5 heteroatoms. The van der Waals surface area contributed by atoms with E-state index in [4.69, 9.17) is 5.26 Å². The molecule has 0 bridgehead atoms. The molecule has 1 atom stereocenters. The van der Waals surface area contributed by atoms with Gasteiger partial charge in [-0.1, -0.05) is 43.7 Å². The van der Waals surface area contributed by atoms with Crippen molar-refractivity contribution in [1.29, 1.82) is 5.26 Å². The number of benzene rings is 2. The molecule has 2 aromatic rings. The number of aryl methyl sites for hydroxylation is 1. The number of hydrogen-bond acceptors (Lipinski definition) is 3. The summed E-state index contributed by atoms with van der Waals surface area (Å²) in [7, 11) is 0. The largest absolute Gasteiger partial charge is 0.340 e. The van der Waals surface area contributed by atoms with Crippen LogP contribution in [-0.4, -0.2) is 17.9 Å². The van der Waals surface area contributed by atoms with Gasteiger partial charge in [-0.2, -0.15) is 5.26 Å². The number of carbonyl (C=O) groups is 2. The zero-order valence-corrected chi connectivity index (χ0v) is 15.2. The first-order valence-electron chi connectivity index (χ1n) is 8.55. The molecule has 0 saturated heterocycles. The summed E-state index contributed by atoms with van der Waals surface area (Å²) < 4.78 is 0. The van der Waals surface area contributed by atoms with Crippen LogP contribution < -0.4 is 10.6 Å². The van der Waals surface area contributed by atoms with Crippen LogP contribution in [0.25, 0.3) is 0 Å². The summed E-state index contributed by atoms with van der Waals surface area (Å²) in [5.74, 6) is -0.612. The van der Waals surface area contributed by atoms with E-state index in [0.717, 1.165) is 11.1 Å². The SMILES string of the molecule is Cc1ccc(C(=O)NC(C(=O)Nc2ccc(CC#N)cc2)C(C)C)cc1. The van der Waals surface area contributed by atoms with Crippen molar-refractivity contribution in [3.8, 4) is 6.07 Å². The summed E-state index contributed by atoms with van der Waals surface area (Å²) in [6, 6.07) is 15.8. The lowest BCUT2D eigenvalue weighted by atomic mass is 10.0. The molecule has 0 heterocycles. The summed E-state index contributed by atoms with van der Waals surface area (Å²) in [6.07, 6.45) is 0.329. The molecular weight excluding hydrogens is 326 g/mol. The van der Waals surface area contributed by atoms with Crippen molar-refractivity contribution in [3.63, 3.8) is 0 Å². The number of carbonyl (C=O) groups excluding carboxylic acids is 2. The highest BCUT2D eigenvalue weighted by Crippen LogP contribution is 2.13. The van der Waals surface area contributed by atoms with E-state index in [-0.39, 0.29) is 17.7 Å². The predicted molar refractivity (Wildman–Crippen MR) is 102 cm³/mol. The summed E-state index contributed by atoms with van der Waals surface area (Å²) in [4.78, 5) is 25.0. The predicted octanol–water partition coefficient (Wildman–Crippen LogP) is 3.45. The second kappa shape index (κ2) is 8.82. The quantitative estimate of drug-likeness (QED) is 0.838. The molecule has 0 spiro atoms. The highest BCUT2D eigenvalue weighted by molar-refractivity contribution is 6.01. The lowest BCUT2D eigenvalue weighted by Crippen LogP contribution is -2.47. The van der Waals surface area contributed by atoms with Crippen molar-refractivity contribution in [2.45, 2.75) is 33.2 Å². The van der Waals surface area contributed by atoms with Crippen molar-refractivity contribution < 1.29 is 9.59 Å². The molecule has 2 N–H and O–H groups in total. The molecule has 0 radical (unpaired) electrons. The van der Waals surface area contributed by atoms with Crippen LogP contribution in [0.3, 0.4) is 0 Å². The van der Waals surface area contributed by atoms with E-state index in [1.807, 2.05) is 32.9 Å². The first-order valence-corrected chi connectivity index (χ1v) is 8.55. The van der Waals surface area contributed by atoms with Crippen LogP contribution in [-0.2, 0) is 11.2 Å². The highest BCUT2D eigenvalue weighted by atomic mass is 16.2. The van der Waals surface area contributed by atoms with E-state index < -0.39 is 6.04 Å². The Morgan fingerprint density at radius 1 is 1.04 bits per heavy atom. The third-order valence-corrected chi connectivity index (χ3v) is 4.05. The van der Waals surface area contributed by atoms with Crippen LogP contribution in [0.15, 0.2) is 48.5 Å². The molecule has 0 aliphatic heterocycles. The molecule has 134 valence electrons. The number of rotatable bonds is 6. The van der Waals surface area contributed by atoms with Gasteiger partial charge in [-0.05, 0) is 42.7 Å². The number of amides is 2. The zero-order valence-electron chi connectivity index (χ0n) is 15.2. The average Bonchev–Trinajstić information content (AvgIpc) is 2.61. The topological polar surface area (TPSA) is 82.0 Å². The van der Waals surface area contributed by atoms with E-state index in [1.165, 1.54) is 0 Å². The van der Waals surface area contributed by atoms with Crippen molar-refractivity contribution in [2.75, 3.05) is 5.32 Å². The fourth-order valence-electron chi connectivity index (χ4n) is 2.48. The minimum atomic E-state index is -0.650. The van der Waals surface area contributed by atoms with Crippen LogP contribution >= 0.6 is 0 Å². The Hall–Kier alpha value is -3.13. The fourth-order valence-corrected chi connectivity index (χ4v) is 2.48. The summed E-state index contributed by atoms with van der Waals surface area (Å²) in [5, 5.41) is 14.3. The molecule has 2 amide bonds. The second-order valence-electron chi connectivity index (χ2n) is 6.58. The molecule has 2 aromatic carbocycles. The number of nitrogens with one attached hydrogen (secondary N) is 2. The maximum atomic E-state index is 12.6. The molecule has 0 fully saturated rings. The van der Waals surface area contributed by atoms with Crippen molar-refractivity contribution in [1.82, 2.24) is 5.32 Å². The molecule has 26 heavy (non-hydrogen) atoms. The molecule has 0 aliphatic carbocycles. The number of anilines is 1. The van der Waals surface area contributed by atoms with Gasteiger partial charge in [-0.15, -0.1) is 0 Å². The van der Waals surface area contributed by atoms with Gasteiger partial charge in [0.2, 0.25) is 5.91 Å². The van der Waals surface area contributed by atoms with Crippen molar-refractivity contribution in [2.24, 2.45) is 5.92 Å². The van der Waals surface area contributed by atoms with E-state index >= 15 is 0 Å². The molecule has 0 aliphatic rings. The number of nitrogens with zero attached hydrogens (tertiary/aromatic N) is 1. The van der Waals surface area contributed by atoms with E-state index in [0.29, 0.717) is 17.7 Å². The minimum absolute atomic E-state index is 0.0674. The first kappa shape index (κ1) is 19.2. The van der Waals surface area contributed by atoms with Gasteiger partial charge in [0.15, 0.2) is 0 Å². The summed E-state index contributed by atoms with van der Waals surface area (Å²) >= 11 is 0. The van der Waals surface area contributed by atoms with Gasteiger partial charge in [0, 0.05) is 11.3 Å². The van der Waals surface area contributed by atoms with Gasteiger partial charge >= 0.3 is 0 Å². The lowest BCUT2D eigenvalue weighted by molar-refractivity contribution is -0.118. The molecule has 1 unspecified atom stereocenters. The van der Waals surface area contributed by atoms with Crippen molar-refractivity contribution >= 4 is 17.5 Å². The Labute approximate surface area is 154 Å². The summed E-state index contributed by atoms with van der Waals surface area (Å²) in [5.41, 5.74) is 3.11.